The zero-order valence-electron chi connectivity index (χ0n) is 12.8. The zero-order chi connectivity index (χ0) is 16.4. The molecule has 1 rings (SSSR count). The minimum absolute atomic E-state index is 0.0926. The molecule has 6 N–H and O–H groups in total. The molecule has 122 valence electrons. The Bertz CT molecular complexity index is 491. The Balaban J connectivity index is 2.21. The van der Waals surface area contributed by atoms with Crippen molar-refractivity contribution in [3.63, 3.8) is 0 Å². The number of Topliss-reactive ketones (excluding diaryl/α,β-unsaturated/α-hetero) is 1. The van der Waals surface area contributed by atoms with E-state index in [1.165, 1.54) is 0 Å². The molecule has 0 fully saturated rings. The van der Waals surface area contributed by atoms with Crippen LogP contribution in [0.15, 0.2) is 24.3 Å². The minimum atomic E-state index is -0.442. The second-order valence-corrected chi connectivity index (χ2v) is 5.30. The Labute approximate surface area is 130 Å². The van der Waals surface area contributed by atoms with E-state index in [2.05, 4.69) is 5.32 Å². The molecule has 0 saturated heterocycles. The molecule has 0 bridgehead atoms. The first-order valence-corrected chi connectivity index (χ1v) is 7.56. The van der Waals surface area contributed by atoms with Gasteiger partial charge in [0.05, 0.1) is 12.6 Å². The monoisotopic (exact) mass is 307 g/mol. The molecule has 1 aromatic carbocycles. The van der Waals surface area contributed by atoms with Gasteiger partial charge in [-0.05, 0) is 31.9 Å². The molecule has 1 aromatic rings. The lowest BCUT2D eigenvalue weighted by atomic mass is 10.1. The number of nitrogens with one attached hydrogen (secondary N) is 1. The van der Waals surface area contributed by atoms with E-state index < -0.39 is 6.17 Å². The first-order valence-electron chi connectivity index (χ1n) is 7.56. The number of carbonyl (C=O) groups is 2. The highest BCUT2D eigenvalue weighted by molar-refractivity contribution is 5.79. The molecule has 0 saturated carbocycles. The number of carbonyl (C=O) groups excluding carboxylic acids is 2. The van der Waals surface area contributed by atoms with Gasteiger partial charge in [0, 0.05) is 18.4 Å². The summed E-state index contributed by atoms with van der Waals surface area (Å²) in [6.07, 6.45) is 2.72. The van der Waals surface area contributed by atoms with Gasteiger partial charge < -0.3 is 21.9 Å². The van der Waals surface area contributed by atoms with Crippen LogP contribution in [-0.2, 0) is 16.0 Å². The number of rotatable bonds is 10. The third-order valence-electron chi connectivity index (χ3n) is 3.33. The standard InChI is InChI=1S/C16H25N3O3/c17-10-9-13(20)6-2-4-8-15(18)19-16(22)11-12-5-1-3-7-14(12)21/h1,3,5,7,15,21H,2,4,6,8-11,17-18H2,(H,19,22). The van der Waals surface area contributed by atoms with Crippen molar-refractivity contribution < 1.29 is 14.7 Å². The fourth-order valence-corrected chi connectivity index (χ4v) is 2.14. The quantitative estimate of drug-likeness (QED) is 0.377. The van der Waals surface area contributed by atoms with Crippen LogP contribution in [-0.4, -0.2) is 29.5 Å². The van der Waals surface area contributed by atoms with E-state index in [1.807, 2.05) is 0 Å². The van der Waals surface area contributed by atoms with Gasteiger partial charge >= 0.3 is 0 Å². The van der Waals surface area contributed by atoms with Crippen molar-refractivity contribution >= 4 is 11.7 Å². The summed E-state index contributed by atoms with van der Waals surface area (Å²) in [6, 6.07) is 6.71. The van der Waals surface area contributed by atoms with Gasteiger partial charge in [-0.2, -0.15) is 0 Å². The number of hydrogen-bond acceptors (Lipinski definition) is 5. The van der Waals surface area contributed by atoms with Gasteiger partial charge in [-0.1, -0.05) is 18.2 Å². The summed E-state index contributed by atoms with van der Waals surface area (Å²) in [5, 5.41) is 12.3. The molecule has 0 aromatic heterocycles. The number of benzene rings is 1. The molecule has 22 heavy (non-hydrogen) atoms. The summed E-state index contributed by atoms with van der Waals surface area (Å²) in [5.74, 6) is 0.0394. The van der Waals surface area contributed by atoms with E-state index in [1.54, 1.807) is 24.3 Å². The van der Waals surface area contributed by atoms with Crippen molar-refractivity contribution in [3.05, 3.63) is 29.8 Å². The van der Waals surface area contributed by atoms with E-state index >= 15 is 0 Å². The van der Waals surface area contributed by atoms with Crippen LogP contribution in [0, 0.1) is 0 Å². The molecule has 0 aliphatic carbocycles. The van der Waals surface area contributed by atoms with Gasteiger partial charge in [-0.3, -0.25) is 9.59 Å². The Hall–Kier alpha value is -1.92. The maximum absolute atomic E-state index is 11.8. The normalized spacial score (nSPS) is 11.9. The fraction of sp³-hybridized carbons (Fsp3) is 0.500. The van der Waals surface area contributed by atoms with Crippen molar-refractivity contribution in [1.29, 1.82) is 0 Å². The lowest BCUT2D eigenvalue weighted by molar-refractivity contribution is -0.121. The smallest absolute Gasteiger partial charge is 0.225 e. The van der Waals surface area contributed by atoms with Crippen LogP contribution in [0.25, 0.3) is 0 Å². The van der Waals surface area contributed by atoms with Gasteiger partial charge in [0.25, 0.3) is 0 Å². The molecule has 1 amide bonds. The van der Waals surface area contributed by atoms with Crippen molar-refractivity contribution in [3.8, 4) is 5.75 Å². The number of nitrogens with two attached hydrogens (primary N) is 2. The topological polar surface area (TPSA) is 118 Å². The summed E-state index contributed by atoms with van der Waals surface area (Å²) in [5.41, 5.74) is 11.7. The summed E-state index contributed by atoms with van der Waals surface area (Å²) < 4.78 is 0. The van der Waals surface area contributed by atoms with E-state index in [0.29, 0.717) is 31.4 Å². The zero-order valence-corrected chi connectivity index (χ0v) is 12.8. The van der Waals surface area contributed by atoms with Crippen molar-refractivity contribution in [2.24, 2.45) is 11.5 Å². The first kappa shape index (κ1) is 18.1. The Morgan fingerprint density at radius 1 is 1.18 bits per heavy atom. The third kappa shape index (κ3) is 7.19. The number of hydrogen-bond donors (Lipinski definition) is 4. The average molecular weight is 307 g/mol. The van der Waals surface area contributed by atoms with Gasteiger partial charge in [0.1, 0.15) is 11.5 Å². The summed E-state index contributed by atoms with van der Waals surface area (Å²) in [4.78, 5) is 23.1. The summed E-state index contributed by atoms with van der Waals surface area (Å²) in [7, 11) is 0. The summed E-state index contributed by atoms with van der Waals surface area (Å²) in [6.45, 7) is 0.390. The highest BCUT2D eigenvalue weighted by Gasteiger charge is 2.10. The molecule has 0 aliphatic rings. The van der Waals surface area contributed by atoms with Crippen molar-refractivity contribution in [2.75, 3.05) is 6.54 Å². The minimum Gasteiger partial charge on any atom is -0.508 e. The number of amides is 1. The third-order valence-corrected chi connectivity index (χ3v) is 3.33. The van der Waals surface area contributed by atoms with E-state index in [0.717, 1.165) is 12.8 Å². The molecular formula is C16H25N3O3. The predicted molar refractivity (Wildman–Crippen MR) is 85.1 cm³/mol. The molecule has 0 spiro atoms. The molecule has 1 unspecified atom stereocenters. The number of phenols is 1. The lowest BCUT2D eigenvalue weighted by Gasteiger charge is -2.14. The lowest BCUT2D eigenvalue weighted by Crippen LogP contribution is -2.42. The van der Waals surface area contributed by atoms with Crippen molar-refractivity contribution in [2.45, 2.75) is 44.7 Å². The van der Waals surface area contributed by atoms with Crippen LogP contribution in [0.5, 0.6) is 5.75 Å². The molecule has 6 nitrogen and oxygen atoms in total. The second kappa shape index (κ2) is 9.92. The van der Waals surface area contributed by atoms with E-state index in [9.17, 15) is 14.7 Å². The van der Waals surface area contributed by atoms with Crippen LogP contribution >= 0.6 is 0 Å². The Morgan fingerprint density at radius 2 is 1.91 bits per heavy atom. The number of unbranched alkanes of at least 4 members (excludes halogenated alkanes) is 1. The first-order chi connectivity index (χ1) is 10.5. The van der Waals surface area contributed by atoms with Crippen LogP contribution in [0.1, 0.15) is 37.7 Å². The molecule has 6 heteroatoms. The number of para-hydroxylation sites is 1. The molecule has 0 aliphatic heterocycles. The Morgan fingerprint density at radius 3 is 2.59 bits per heavy atom. The SMILES string of the molecule is NCCC(=O)CCCCC(N)NC(=O)Cc1ccccc1O. The van der Waals surface area contributed by atoms with Crippen LogP contribution in [0.4, 0.5) is 0 Å². The fourth-order valence-electron chi connectivity index (χ4n) is 2.14. The number of ketones is 1. The van der Waals surface area contributed by atoms with Crippen LogP contribution in [0.3, 0.4) is 0 Å². The van der Waals surface area contributed by atoms with Gasteiger partial charge in [0.15, 0.2) is 0 Å². The van der Waals surface area contributed by atoms with Crippen LogP contribution < -0.4 is 16.8 Å². The van der Waals surface area contributed by atoms with Gasteiger partial charge in [-0.15, -0.1) is 0 Å². The predicted octanol–water partition coefficient (Wildman–Crippen LogP) is 0.814. The van der Waals surface area contributed by atoms with E-state index in [-0.39, 0.29) is 23.9 Å². The highest BCUT2D eigenvalue weighted by Crippen LogP contribution is 2.15. The van der Waals surface area contributed by atoms with Crippen LogP contribution in [0.2, 0.25) is 0 Å². The largest absolute Gasteiger partial charge is 0.508 e. The van der Waals surface area contributed by atoms with E-state index in [4.69, 9.17) is 11.5 Å². The second-order valence-electron chi connectivity index (χ2n) is 5.30. The van der Waals surface area contributed by atoms with Gasteiger partial charge in [-0.25, -0.2) is 0 Å². The van der Waals surface area contributed by atoms with Gasteiger partial charge in [0.2, 0.25) is 5.91 Å². The highest BCUT2D eigenvalue weighted by atomic mass is 16.3. The Kier molecular flexibility index (Phi) is 8.17. The number of aromatic hydroxyl groups is 1. The maximum Gasteiger partial charge on any atom is 0.225 e. The molecular weight excluding hydrogens is 282 g/mol. The molecule has 0 radical (unpaired) electrons. The maximum atomic E-state index is 11.8. The van der Waals surface area contributed by atoms with Crippen molar-refractivity contribution in [1.82, 2.24) is 5.32 Å². The molecule has 0 heterocycles. The number of phenolic OH excluding ortho intramolecular Hbond substituents is 1. The average Bonchev–Trinajstić information content (AvgIpc) is 2.46. The molecule has 1 atom stereocenters. The summed E-state index contributed by atoms with van der Waals surface area (Å²) >= 11 is 0.